The molecule has 1 aliphatic rings. The molecule has 1 aromatic carbocycles. The van der Waals surface area contributed by atoms with Crippen LogP contribution < -0.4 is 16.0 Å². The molecule has 0 saturated carbocycles. The highest BCUT2D eigenvalue weighted by molar-refractivity contribution is 9.10. The molecule has 146 valence electrons. The first-order valence-electron chi connectivity index (χ1n) is 7.90. The summed E-state index contributed by atoms with van der Waals surface area (Å²) < 4.78 is 1.80. The molecule has 0 spiro atoms. The molecule has 0 saturated heterocycles. The summed E-state index contributed by atoms with van der Waals surface area (Å²) in [5.41, 5.74) is 0.446. The summed E-state index contributed by atoms with van der Waals surface area (Å²) >= 11 is 21.7. The number of amides is 2. The maximum atomic E-state index is 13.0. The largest absolute Gasteiger partial charge is 0.365 e. The van der Waals surface area contributed by atoms with E-state index in [0.717, 1.165) is 0 Å². The Morgan fingerprint density at radius 1 is 1.21 bits per heavy atom. The third kappa shape index (κ3) is 4.20. The normalized spacial score (nSPS) is 13.3. The highest BCUT2D eigenvalue weighted by atomic mass is 79.9. The van der Waals surface area contributed by atoms with Crippen LogP contribution in [0.5, 0.6) is 0 Å². The van der Waals surface area contributed by atoms with E-state index >= 15 is 0 Å². The number of allylic oxidation sites excluding steroid dienone is 2. The minimum atomic E-state index is -0.541. The Kier molecular flexibility index (Phi) is 6.34. The molecule has 1 aliphatic heterocycles. The van der Waals surface area contributed by atoms with E-state index in [0.29, 0.717) is 22.0 Å². The van der Waals surface area contributed by atoms with Crippen LogP contribution >= 0.6 is 50.7 Å². The van der Waals surface area contributed by atoms with Crippen molar-refractivity contribution in [3.8, 4) is 0 Å². The van der Waals surface area contributed by atoms with Gasteiger partial charge in [-0.25, -0.2) is 4.68 Å². The Morgan fingerprint density at radius 3 is 2.64 bits per heavy atom. The molecule has 0 atom stereocenters. The third-order valence-electron chi connectivity index (χ3n) is 3.77. The van der Waals surface area contributed by atoms with Crippen molar-refractivity contribution in [3.05, 3.63) is 61.3 Å². The van der Waals surface area contributed by atoms with E-state index in [9.17, 15) is 9.59 Å². The first-order chi connectivity index (χ1) is 13.3. The lowest BCUT2D eigenvalue weighted by Crippen LogP contribution is -2.27. The molecule has 11 heteroatoms. The molecule has 3 rings (SSSR count). The van der Waals surface area contributed by atoms with Gasteiger partial charge in [-0.05, 0) is 34.1 Å². The number of hydrogen-bond donors (Lipinski definition) is 3. The molecule has 1 aromatic heterocycles. The Balaban J connectivity index is 2.02. The van der Waals surface area contributed by atoms with E-state index in [-0.39, 0.29) is 27.0 Å². The number of carbonyl (C=O) groups is 2. The first kappa shape index (κ1) is 20.7. The minimum absolute atomic E-state index is 0.126. The summed E-state index contributed by atoms with van der Waals surface area (Å²) in [5.74, 6) is -0.533. The van der Waals surface area contributed by atoms with Crippen LogP contribution in [0.15, 0.2) is 40.0 Å². The monoisotopic (exact) mass is 503 g/mol. The van der Waals surface area contributed by atoms with Gasteiger partial charge < -0.3 is 16.0 Å². The van der Waals surface area contributed by atoms with Gasteiger partial charge in [-0.1, -0.05) is 40.9 Å². The fourth-order valence-corrected chi connectivity index (χ4v) is 3.69. The zero-order valence-corrected chi connectivity index (χ0v) is 18.2. The SMILES string of the molecule is CNC(=O)c1cc(Cl)cc(Cl)c1NC(=O)c1cc(Br)nn1C1=C(Cl)C=CCN1. The van der Waals surface area contributed by atoms with Crippen molar-refractivity contribution in [1.82, 2.24) is 20.4 Å². The van der Waals surface area contributed by atoms with Crippen LogP contribution in [0.1, 0.15) is 20.8 Å². The van der Waals surface area contributed by atoms with E-state index in [1.807, 2.05) is 6.08 Å². The second kappa shape index (κ2) is 8.57. The van der Waals surface area contributed by atoms with Crippen LogP contribution in [-0.4, -0.2) is 35.2 Å². The van der Waals surface area contributed by atoms with E-state index < -0.39 is 11.8 Å². The maximum absolute atomic E-state index is 13.0. The number of dihydropyridines is 1. The van der Waals surface area contributed by atoms with Crippen molar-refractivity contribution < 1.29 is 9.59 Å². The van der Waals surface area contributed by atoms with Gasteiger partial charge in [0.05, 0.1) is 21.3 Å². The van der Waals surface area contributed by atoms with E-state index in [1.165, 1.54) is 29.9 Å². The number of nitrogens with zero attached hydrogens (tertiary/aromatic N) is 2. The molecule has 7 nitrogen and oxygen atoms in total. The van der Waals surface area contributed by atoms with Crippen molar-refractivity contribution in [3.63, 3.8) is 0 Å². The fraction of sp³-hybridized carbons (Fsp3) is 0.118. The van der Waals surface area contributed by atoms with Crippen LogP contribution in [-0.2, 0) is 0 Å². The molecular weight excluding hydrogens is 492 g/mol. The lowest BCUT2D eigenvalue weighted by Gasteiger charge is -2.17. The molecule has 2 amide bonds. The van der Waals surface area contributed by atoms with Gasteiger partial charge in [0.1, 0.15) is 16.1 Å². The minimum Gasteiger partial charge on any atom is -0.365 e. The fourth-order valence-electron chi connectivity index (χ4n) is 2.53. The number of carbonyl (C=O) groups excluding carboxylic acids is 2. The highest BCUT2D eigenvalue weighted by Crippen LogP contribution is 2.31. The second-order valence-corrected chi connectivity index (χ2v) is 7.65. The summed E-state index contributed by atoms with van der Waals surface area (Å²) in [5, 5.41) is 13.3. The average molecular weight is 506 g/mol. The maximum Gasteiger partial charge on any atom is 0.274 e. The summed E-state index contributed by atoms with van der Waals surface area (Å²) in [6.07, 6.45) is 3.55. The zero-order valence-electron chi connectivity index (χ0n) is 14.3. The van der Waals surface area contributed by atoms with Gasteiger partial charge >= 0.3 is 0 Å². The number of nitrogens with one attached hydrogen (secondary N) is 3. The zero-order chi connectivity index (χ0) is 20.4. The third-order valence-corrected chi connectivity index (χ3v) is 4.98. The lowest BCUT2D eigenvalue weighted by molar-refractivity contribution is 0.0964. The molecule has 0 bridgehead atoms. The predicted octanol–water partition coefficient (Wildman–Crippen LogP) is 4.09. The Morgan fingerprint density at radius 2 is 1.96 bits per heavy atom. The van der Waals surface area contributed by atoms with Gasteiger partial charge in [-0.2, -0.15) is 5.10 Å². The highest BCUT2D eigenvalue weighted by Gasteiger charge is 2.23. The number of aromatic nitrogens is 2. The van der Waals surface area contributed by atoms with Gasteiger partial charge in [0.2, 0.25) is 0 Å². The van der Waals surface area contributed by atoms with Crippen LogP contribution in [0.2, 0.25) is 10.0 Å². The smallest absolute Gasteiger partial charge is 0.274 e. The molecule has 0 fully saturated rings. The molecule has 0 aliphatic carbocycles. The number of hydrogen-bond acceptors (Lipinski definition) is 4. The van der Waals surface area contributed by atoms with Gasteiger partial charge in [0.25, 0.3) is 11.8 Å². The number of benzene rings is 1. The summed E-state index contributed by atoms with van der Waals surface area (Å²) in [6.45, 7) is 0.536. The topological polar surface area (TPSA) is 88.1 Å². The quantitative estimate of drug-likeness (QED) is 0.584. The average Bonchev–Trinajstić information content (AvgIpc) is 3.05. The molecule has 3 N–H and O–H groups in total. The Hall–Kier alpha value is -2.00. The van der Waals surface area contributed by atoms with Crippen LogP contribution in [0.3, 0.4) is 0 Å². The molecule has 2 aromatic rings. The summed E-state index contributed by atoms with van der Waals surface area (Å²) in [6, 6.07) is 4.38. The molecule has 0 radical (unpaired) electrons. The Labute approximate surface area is 183 Å². The number of anilines is 1. The lowest BCUT2D eigenvalue weighted by atomic mass is 10.1. The summed E-state index contributed by atoms with van der Waals surface area (Å²) in [4.78, 5) is 25.1. The summed E-state index contributed by atoms with van der Waals surface area (Å²) in [7, 11) is 1.46. The van der Waals surface area contributed by atoms with E-state index in [4.69, 9.17) is 34.8 Å². The predicted molar refractivity (Wildman–Crippen MR) is 114 cm³/mol. The molecule has 2 heterocycles. The van der Waals surface area contributed by atoms with Gasteiger partial charge in [0.15, 0.2) is 0 Å². The van der Waals surface area contributed by atoms with E-state index in [1.54, 1.807) is 6.08 Å². The Bertz CT molecular complexity index is 1030. The molecule has 28 heavy (non-hydrogen) atoms. The molecular formula is C17H13BrCl3N5O2. The first-order valence-corrected chi connectivity index (χ1v) is 9.83. The molecule has 0 unspecified atom stereocenters. The van der Waals surface area contributed by atoms with Crippen molar-refractivity contribution in [1.29, 1.82) is 0 Å². The van der Waals surface area contributed by atoms with Crippen LogP contribution in [0.4, 0.5) is 5.69 Å². The van der Waals surface area contributed by atoms with Gasteiger partial charge in [-0.15, -0.1) is 0 Å². The van der Waals surface area contributed by atoms with E-state index in [2.05, 4.69) is 37.0 Å². The van der Waals surface area contributed by atoms with Gasteiger partial charge in [0, 0.05) is 24.7 Å². The van der Waals surface area contributed by atoms with Crippen molar-refractivity contribution in [2.24, 2.45) is 0 Å². The van der Waals surface area contributed by atoms with Crippen molar-refractivity contribution >= 4 is 74.1 Å². The van der Waals surface area contributed by atoms with Crippen LogP contribution in [0.25, 0.3) is 5.82 Å². The standard InChI is InChI=1S/C17H13BrCl3N5O2/c1-22-16(27)9-5-8(19)6-11(21)14(9)24-17(28)12-7-13(18)25-26(12)15-10(20)3-2-4-23-15/h2-3,5-7,23H,4H2,1H3,(H,22,27)(H,24,28). The number of rotatable bonds is 4. The van der Waals surface area contributed by atoms with Crippen molar-refractivity contribution in [2.45, 2.75) is 0 Å². The number of halogens is 4. The van der Waals surface area contributed by atoms with Gasteiger partial charge in [-0.3, -0.25) is 9.59 Å². The second-order valence-electron chi connectivity index (χ2n) is 5.59. The van der Waals surface area contributed by atoms with Crippen LogP contribution in [0, 0.1) is 0 Å². The van der Waals surface area contributed by atoms with Crippen molar-refractivity contribution in [2.75, 3.05) is 18.9 Å².